The topological polar surface area (TPSA) is 222 Å². The number of carbonyl (C=O) groups excluding carboxylic acids is 4. The highest BCUT2D eigenvalue weighted by Crippen LogP contribution is 2.33. The van der Waals surface area contributed by atoms with Crippen molar-refractivity contribution in [2.24, 2.45) is 11.5 Å². The van der Waals surface area contributed by atoms with Crippen molar-refractivity contribution in [3.63, 3.8) is 0 Å². The molecule has 2 fully saturated rings. The Morgan fingerprint density at radius 1 is 0.789 bits per heavy atom. The number of likely N-dealkylation sites (tertiary alicyclic amines) is 2. The third-order valence-corrected chi connectivity index (χ3v) is 13.3. The number of fused-ring (bicyclic) bond motifs is 2. The highest BCUT2D eigenvalue weighted by molar-refractivity contribution is 14.1. The van der Waals surface area contributed by atoms with Gasteiger partial charge in [0.25, 0.3) is 11.8 Å². The highest BCUT2D eigenvalue weighted by atomic mass is 127. The molecule has 0 radical (unpaired) electrons. The van der Waals surface area contributed by atoms with E-state index in [4.69, 9.17) is 41.1 Å². The molecular weight excluding hydrogens is 1110 g/mol. The molecule has 2 aliphatic heterocycles. The SMILES string of the molecule is C#Cc1nn([C@H]2CCN(C(=O)C=C)C2)c(NC)c1C(N)=O.C=CC(=O)N1CC[C@H](n2nc(C#Cc3cc4ncn(CC)c4c(F)c3Cl)c(C(N)=O)c2NC)C1.CCn1cnc2cc(I)c(Cl)c(F)c21.S.S. The van der Waals surface area contributed by atoms with Crippen LogP contribution in [-0.4, -0.2) is 112 Å². The second-order valence-corrected chi connectivity index (χ2v) is 17.3. The molecule has 0 bridgehead atoms. The summed E-state index contributed by atoms with van der Waals surface area (Å²) in [5, 5.41) is 14.7. The average molecular weight is 1160 g/mol. The zero-order valence-electron chi connectivity index (χ0n) is 38.9. The Morgan fingerprint density at radius 3 is 1.65 bits per heavy atom. The molecule has 0 unspecified atom stereocenters. The van der Waals surface area contributed by atoms with Crippen LogP contribution in [0.2, 0.25) is 10.0 Å². The number of hydrogen-bond acceptors (Lipinski definition) is 10. The van der Waals surface area contributed by atoms with Gasteiger partial charge in [-0.05, 0) is 85.4 Å². The number of aryl methyl sites for hydroxylation is 2. The summed E-state index contributed by atoms with van der Waals surface area (Å²) >= 11 is 14.1. The number of nitrogens with one attached hydrogen (secondary N) is 2. The van der Waals surface area contributed by atoms with Crippen LogP contribution < -0.4 is 22.1 Å². The van der Waals surface area contributed by atoms with Crippen LogP contribution in [0.25, 0.3) is 22.1 Å². The van der Waals surface area contributed by atoms with Gasteiger partial charge in [0, 0.05) is 62.5 Å². The fourth-order valence-corrected chi connectivity index (χ4v) is 8.94. The first-order chi connectivity index (χ1) is 33.0. The summed E-state index contributed by atoms with van der Waals surface area (Å²) in [4.78, 5) is 59.1. The first-order valence-corrected chi connectivity index (χ1v) is 23.1. The van der Waals surface area contributed by atoms with E-state index >= 15 is 0 Å². The second-order valence-electron chi connectivity index (χ2n) is 15.4. The Balaban J connectivity index is 0.000000252. The Labute approximate surface area is 445 Å². The van der Waals surface area contributed by atoms with Gasteiger partial charge < -0.3 is 41.0 Å². The molecule has 2 aromatic carbocycles. The number of benzene rings is 2. The number of terminal acetylenes is 1. The van der Waals surface area contributed by atoms with E-state index in [2.05, 4.69) is 61.7 Å². The summed E-state index contributed by atoms with van der Waals surface area (Å²) in [5.74, 6) is 6.25. The Hall–Kier alpha value is -6.25. The number of amides is 4. The predicted octanol–water partition coefficient (Wildman–Crippen LogP) is 6.19. The van der Waals surface area contributed by atoms with Crippen LogP contribution in [0.1, 0.15) is 76.4 Å². The molecule has 25 heteroatoms. The van der Waals surface area contributed by atoms with Crippen molar-refractivity contribution in [2.75, 3.05) is 50.9 Å². The normalized spacial score (nSPS) is 14.6. The Bertz CT molecular complexity index is 3150. The van der Waals surface area contributed by atoms with E-state index in [9.17, 15) is 28.0 Å². The number of carbonyl (C=O) groups is 4. The minimum Gasteiger partial charge on any atom is -0.373 e. The van der Waals surface area contributed by atoms with Gasteiger partial charge >= 0.3 is 0 Å². The molecule has 2 atom stereocenters. The number of imidazole rings is 2. The highest BCUT2D eigenvalue weighted by Gasteiger charge is 2.33. The summed E-state index contributed by atoms with van der Waals surface area (Å²) in [7, 11) is 3.31. The zero-order valence-corrected chi connectivity index (χ0v) is 44.6. The summed E-state index contributed by atoms with van der Waals surface area (Å²) in [6.45, 7) is 14.1. The molecular formula is C46H51Cl2F2IN14O4S2. The van der Waals surface area contributed by atoms with Crippen LogP contribution in [0.3, 0.4) is 0 Å². The van der Waals surface area contributed by atoms with E-state index in [0.29, 0.717) is 83.0 Å². The lowest BCUT2D eigenvalue weighted by Crippen LogP contribution is -2.27. The first-order valence-electron chi connectivity index (χ1n) is 21.3. The van der Waals surface area contributed by atoms with E-state index in [1.54, 1.807) is 60.9 Å². The lowest BCUT2D eigenvalue weighted by molar-refractivity contribution is -0.125. The number of aromatic nitrogens is 8. The molecule has 0 saturated carbocycles. The van der Waals surface area contributed by atoms with E-state index in [0.717, 1.165) is 6.42 Å². The van der Waals surface area contributed by atoms with Crippen molar-refractivity contribution in [2.45, 2.75) is 51.9 Å². The van der Waals surface area contributed by atoms with Crippen LogP contribution in [-0.2, 0) is 22.7 Å². The van der Waals surface area contributed by atoms with Crippen molar-refractivity contribution in [1.29, 1.82) is 0 Å². The van der Waals surface area contributed by atoms with E-state index in [1.165, 1.54) is 18.5 Å². The van der Waals surface area contributed by atoms with Gasteiger partial charge in [-0.1, -0.05) is 42.3 Å². The molecule has 0 spiro atoms. The number of anilines is 2. The number of nitrogens with zero attached hydrogens (tertiary/aromatic N) is 10. The second kappa shape index (κ2) is 24.7. The van der Waals surface area contributed by atoms with Crippen LogP contribution in [0.5, 0.6) is 0 Å². The minimum atomic E-state index is -0.716. The van der Waals surface area contributed by atoms with Crippen molar-refractivity contribution in [1.82, 2.24) is 48.5 Å². The fraction of sp³-hybridized carbons (Fsp3) is 0.304. The van der Waals surface area contributed by atoms with Gasteiger partial charge in [0.1, 0.15) is 39.5 Å². The molecule has 6 heterocycles. The molecule has 2 saturated heterocycles. The van der Waals surface area contributed by atoms with Crippen LogP contribution in [0.15, 0.2) is 50.1 Å². The summed E-state index contributed by atoms with van der Waals surface area (Å²) < 4.78 is 36.0. The lowest BCUT2D eigenvalue weighted by atomic mass is 10.1. The van der Waals surface area contributed by atoms with E-state index in [-0.39, 0.29) is 94.8 Å². The molecule has 6 aromatic rings. The van der Waals surface area contributed by atoms with Gasteiger partial charge in [-0.25, -0.2) is 28.1 Å². The maximum atomic E-state index is 14.9. The number of rotatable bonds is 10. The van der Waals surface area contributed by atoms with Gasteiger partial charge in [0.2, 0.25) is 11.8 Å². The number of primary amides is 2. The average Bonchev–Trinajstić information content (AvgIpc) is 4.22. The molecule has 71 heavy (non-hydrogen) atoms. The van der Waals surface area contributed by atoms with Crippen molar-refractivity contribution < 1.29 is 28.0 Å². The maximum absolute atomic E-state index is 14.9. The third kappa shape index (κ3) is 11.6. The van der Waals surface area contributed by atoms with Crippen molar-refractivity contribution in [3.8, 4) is 24.2 Å². The van der Waals surface area contributed by atoms with E-state index in [1.807, 2.05) is 36.4 Å². The third-order valence-electron chi connectivity index (χ3n) is 11.4. The zero-order chi connectivity index (χ0) is 50.4. The Morgan fingerprint density at radius 2 is 1.23 bits per heavy atom. The van der Waals surface area contributed by atoms with Gasteiger partial charge in [-0.2, -0.15) is 37.2 Å². The van der Waals surface area contributed by atoms with Gasteiger partial charge in [0.05, 0.1) is 45.8 Å². The molecule has 18 nitrogen and oxygen atoms in total. The van der Waals surface area contributed by atoms with Crippen molar-refractivity contribution >= 4 is 130 Å². The van der Waals surface area contributed by atoms with Crippen molar-refractivity contribution in [3.05, 3.63) is 103 Å². The summed E-state index contributed by atoms with van der Waals surface area (Å²) in [5.41, 5.74) is 13.7. The molecule has 8 rings (SSSR count). The van der Waals surface area contributed by atoms with Crippen LogP contribution in [0, 0.1) is 39.4 Å². The monoisotopic (exact) mass is 1160 g/mol. The molecule has 4 aromatic heterocycles. The molecule has 6 N–H and O–H groups in total. The summed E-state index contributed by atoms with van der Waals surface area (Å²) in [6, 6.07) is 3.13. The quantitative estimate of drug-likeness (QED) is 0.0527. The number of nitrogens with two attached hydrogens (primary N) is 2. The molecule has 4 amide bonds. The predicted molar refractivity (Wildman–Crippen MR) is 290 cm³/mol. The smallest absolute Gasteiger partial charge is 0.255 e. The lowest BCUT2D eigenvalue weighted by Gasteiger charge is -2.16. The van der Waals surface area contributed by atoms with Gasteiger partial charge in [-0.3, -0.25) is 19.2 Å². The Kier molecular flexibility index (Phi) is 20.0. The maximum Gasteiger partial charge on any atom is 0.255 e. The molecule has 2 aliphatic rings. The molecule has 0 aliphatic carbocycles. The number of hydrogen-bond donors (Lipinski definition) is 4. The van der Waals surface area contributed by atoms with Crippen LogP contribution >= 0.6 is 72.8 Å². The van der Waals surface area contributed by atoms with Gasteiger partial charge in [0.15, 0.2) is 17.3 Å². The van der Waals surface area contributed by atoms with Crippen LogP contribution in [0.4, 0.5) is 20.4 Å². The van der Waals surface area contributed by atoms with Gasteiger partial charge in [-0.15, -0.1) is 6.42 Å². The first kappa shape index (κ1) is 57.3. The fourth-order valence-electron chi connectivity index (χ4n) is 8.07. The number of halogens is 5. The molecule has 376 valence electrons. The minimum absolute atomic E-state index is 0. The standard InChI is InChI=1S/C23H23ClFN7O2.C14H17N5O2.C9H7ClFIN2.2H2S/c1-4-17(33)31-9-8-14(11-31)32-23(27-3)18(22(26)34)15(29-32)7-6-13-10-16-21(20(25)19(13)24)30(5-2)12-28-16;1-4-10-12(13(15)21)14(16-3)19(17-10)9-6-7-18(8-9)11(20)5-2;1-2-14-4-13-6-3-5(12)7(10)8(11)9(6)14;;/h4,10,12,14,27H,1,5,8-9,11H2,2-3H3,(H2,26,34);1,5,9,16H,2,6-8H2,3H3,(H2,15,21);3-4H,2H2,1H3;2*1H2/t14-;9-;;;/m00.../s1. The summed E-state index contributed by atoms with van der Waals surface area (Å²) in [6.07, 6.45) is 12.4. The van der Waals surface area contributed by atoms with E-state index < -0.39 is 17.6 Å². The largest absolute Gasteiger partial charge is 0.373 e.